The van der Waals surface area contributed by atoms with Crippen molar-refractivity contribution >= 4 is 31.9 Å². The zero-order valence-corrected chi connectivity index (χ0v) is 24.4. The standard InChI is InChI=1S/C27H22F3NO11S2/c1-37-20-12-23-18(11-22(20)39-14-16-6-4-3-5-7-16)25(42-44(35,36)27(28,29)30)24(26(32)38-2)31(43(23,33)34)13-17-8-9-19-21(10-17)41-15-40-19/h3-12H,13-15H2,1-2H3. The largest absolute Gasteiger partial charge is 0.534 e. The number of ether oxygens (including phenoxy) is 5. The monoisotopic (exact) mass is 657 g/mol. The third-order valence-electron chi connectivity index (χ3n) is 6.40. The summed E-state index contributed by atoms with van der Waals surface area (Å²) in [5, 5.41) is 0. The van der Waals surface area contributed by atoms with Gasteiger partial charge in [-0.05, 0) is 29.3 Å². The van der Waals surface area contributed by atoms with Crippen LogP contribution in [0.25, 0.3) is 5.76 Å². The third-order valence-corrected chi connectivity index (χ3v) is 9.14. The molecule has 12 nitrogen and oxygen atoms in total. The van der Waals surface area contributed by atoms with Crippen molar-refractivity contribution in [2.45, 2.75) is 23.6 Å². The van der Waals surface area contributed by atoms with Crippen LogP contribution < -0.4 is 18.9 Å². The zero-order chi connectivity index (χ0) is 31.9. The molecule has 0 amide bonds. The molecule has 0 aromatic heterocycles. The summed E-state index contributed by atoms with van der Waals surface area (Å²) in [5.41, 5.74) is -6.94. The molecule has 17 heteroatoms. The molecule has 5 rings (SSSR count). The average molecular weight is 658 g/mol. The van der Waals surface area contributed by atoms with Crippen LogP contribution in [0.4, 0.5) is 13.2 Å². The molecule has 2 heterocycles. The molecule has 234 valence electrons. The van der Waals surface area contributed by atoms with E-state index in [-0.39, 0.29) is 36.2 Å². The molecular weight excluding hydrogens is 635 g/mol. The van der Waals surface area contributed by atoms with Gasteiger partial charge in [-0.1, -0.05) is 36.4 Å². The van der Waals surface area contributed by atoms with Crippen LogP contribution in [0.2, 0.25) is 0 Å². The fourth-order valence-electron chi connectivity index (χ4n) is 4.32. The molecule has 0 N–H and O–H groups in total. The van der Waals surface area contributed by atoms with E-state index in [4.69, 9.17) is 23.7 Å². The van der Waals surface area contributed by atoms with E-state index in [0.717, 1.165) is 19.2 Å². The smallest absolute Gasteiger partial charge is 0.493 e. The second-order valence-corrected chi connectivity index (χ2v) is 12.5. The highest BCUT2D eigenvalue weighted by molar-refractivity contribution is 7.89. The number of fused-ring (bicyclic) bond motifs is 2. The summed E-state index contributed by atoms with van der Waals surface area (Å²) in [4.78, 5) is 12.3. The number of esters is 1. The van der Waals surface area contributed by atoms with Gasteiger partial charge in [0.25, 0.3) is 10.0 Å². The van der Waals surface area contributed by atoms with Crippen molar-refractivity contribution in [2.75, 3.05) is 21.0 Å². The highest BCUT2D eigenvalue weighted by atomic mass is 32.2. The lowest BCUT2D eigenvalue weighted by Crippen LogP contribution is -2.39. The third kappa shape index (κ3) is 5.67. The highest BCUT2D eigenvalue weighted by Crippen LogP contribution is 2.46. The van der Waals surface area contributed by atoms with Gasteiger partial charge in [0.15, 0.2) is 34.5 Å². The van der Waals surface area contributed by atoms with Crippen LogP contribution >= 0.6 is 0 Å². The second kappa shape index (κ2) is 11.5. The Bertz CT molecular complexity index is 1860. The van der Waals surface area contributed by atoms with Crippen LogP contribution in [-0.2, 0) is 47.0 Å². The van der Waals surface area contributed by atoms with Gasteiger partial charge in [-0.25, -0.2) is 13.2 Å². The van der Waals surface area contributed by atoms with Crippen LogP contribution in [-0.4, -0.2) is 53.6 Å². The lowest BCUT2D eigenvalue weighted by atomic mass is 10.1. The Balaban J connectivity index is 1.72. The van der Waals surface area contributed by atoms with Crippen LogP contribution in [0.15, 0.2) is 71.3 Å². The topological polar surface area (TPSA) is 144 Å². The minimum atomic E-state index is -6.44. The Morgan fingerprint density at radius 3 is 2.32 bits per heavy atom. The minimum absolute atomic E-state index is 0.0937. The first-order valence-electron chi connectivity index (χ1n) is 12.4. The van der Waals surface area contributed by atoms with Gasteiger partial charge in [-0.2, -0.15) is 21.6 Å². The first kappa shape index (κ1) is 30.8. The van der Waals surface area contributed by atoms with E-state index in [2.05, 4.69) is 4.18 Å². The van der Waals surface area contributed by atoms with Crippen LogP contribution in [0.3, 0.4) is 0 Å². The van der Waals surface area contributed by atoms with Gasteiger partial charge in [0.05, 0.1) is 20.8 Å². The molecule has 0 saturated heterocycles. The van der Waals surface area contributed by atoms with Crippen molar-refractivity contribution in [3.63, 3.8) is 0 Å². The summed E-state index contributed by atoms with van der Waals surface area (Å²) < 4.78 is 124. The normalized spacial score (nSPS) is 15.4. The van der Waals surface area contributed by atoms with Crippen molar-refractivity contribution in [1.82, 2.24) is 4.31 Å². The molecule has 0 saturated carbocycles. The van der Waals surface area contributed by atoms with E-state index in [9.17, 15) is 34.8 Å². The van der Waals surface area contributed by atoms with Crippen molar-refractivity contribution in [3.8, 4) is 23.0 Å². The molecule has 0 spiro atoms. The summed E-state index contributed by atoms with van der Waals surface area (Å²) in [6, 6.07) is 14.7. The van der Waals surface area contributed by atoms with Gasteiger partial charge in [0.1, 0.15) is 11.5 Å². The summed E-state index contributed by atoms with van der Waals surface area (Å²) in [5.74, 6) is -2.53. The van der Waals surface area contributed by atoms with Gasteiger partial charge in [0.2, 0.25) is 6.79 Å². The molecule has 3 aromatic carbocycles. The molecule has 2 aliphatic rings. The lowest BCUT2D eigenvalue weighted by molar-refractivity contribution is -0.137. The minimum Gasteiger partial charge on any atom is -0.493 e. The highest BCUT2D eigenvalue weighted by Gasteiger charge is 2.52. The number of sulfonamides is 1. The van der Waals surface area contributed by atoms with E-state index in [1.54, 1.807) is 30.3 Å². The van der Waals surface area contributed by atoms with Crippen LogP contribution in [0.5, 0.6) is 23.0 Å². The number of methoxy groups -OCH3 is 2. The average Bonchev–Trinajstić information content (AvgIpc) is 3.46. The molecule has 0 atom stereocenters. The van der Waals surface area contributed by atoms with Crippen LogP contribution in [0, 0.1) is 0 Å². The van der Waals surface area contributed by atoms with E-state index in [1.807, 2.05) is 0 Å². The summed E-state index contributed by atoms with van der Waals surface area (Å²) in [6.07, 6.45) is 0. The summed E-state index contributed by atoms with van der Waals surface area (Å²) >= 11 is 0. The number of carbonyl (C=O) groups excluding carboxylic acids is 1. The molecule has 0 bridgehead atoms. The van der Waals surface area contributed by atoms with Gasteiger partial charge in [-0.15, -0.1) is 0 Å². The number of rotatable bonds is 9. The number of halogens is 3. The van der Waals surface area contributed by atoms with Crippen molar-refractivity contribution in [3.05, 3.63) is 83.1 Å². The van der Waals surface area contributed by atoms with Gasteiger partial charge in [-0.3, -0.25) is 4.31 Å². The quantitative estimate of drug-likeness (QED) is 0.188. The first-order valence-corrected chi connectivity index (χ1v) is 15.3. The Labute approximate surface area is 249 Å². The maximum absolute atomic E-state index is 14.0. The number of nitrogens with zero attached hydrogens (tertiary/aromatic N) is 1. The molecule has 0 fully saturated rings. The van der Waals surface area contributed by atoms with Gasteiger partial charge >= 0.3 is 21.6 Å². The first-order chi connectivity index (χ1) is 20.8. The number of benzene rings is 3. The number of hydrogen-bond acceptors (Lipinski definition) is 11. The summed E-state index contributed by atoms with van der Waals surface area (Å²) in [7, 11) is -9.24. The fourth-order valence-corrected chi connectivity index (χ4v) is 6.44. The lowest BCUT2D eigenvalue weighted by Gasteiger charge is -2.32. The van der Waals surface area contributed by atoms with Crippen molar-refractivity contribution in [2.24, 2.45) is 0 Å². The molecule has 3 aromatic rings. The van der Waals surface area contributed by atoms with E-state index in [1.165, 1.54) is 25.3 Å². The Hall–Kier alpha value is -4.64. The Morgan fingerprint density at radius 1 is 0.955 bits per heavy atom. The number of alkyl halides is 3. The molecule has 0 aliphatic carbocycles. The Morgan fingerprint density at radius 2 is 1.66 bits per heavy atom. The van der Waals surface area contributed by atoms with Gasteiger partial charge in [0, 0.05) is 11.6 Å². The van der Waals surface area contributed by atoms with Crippen molar-refractivity contribution < 1.29 is 62.7 Å². The van der Waals surface area contributed by atoms with Crippen molar-refractivity contribution in [1.29, 1.82) is 0 Å². The SMILES string of the molecule is COC(=O)C1=C(OS(=O)(=O)C(F)(F)F)c2cc(OCc3ccccc3)c(OC)cc2S(=O)(=O)N1Cc1ccc2c(c1)OCO2. The molecule has 44 heavy (non-hydrogen) atoms. The second-order valence-electron chi connectivity index (χ2n) is 9.13. The Kier molecular flexibility index (Phi) is 8.02. The van der Waals surface area contributed by atoms with E-state index >= 15 is 0 Å². The zero-order valence-electron chi connectivity index (χ0n) is 22.8. The predicted octanol–water partition coefficient (Wildman–Crippen LogP) is 3.92. The predicted molar refractivity (Wildman–Crippen MR) is 144 cm³/mol. The number of carbonyl (C=O) groups is 1. The van der Waals surface area contributed by atoms with E-state index in [0.29, 0.717) is 15.6 Å². The molecular formula is C27H22F3NO11S2. The molecule has 2 aliphatic heterocycles. The fraction of sp³-hybridized carbons (Fsp3) is 0.222. The molecule has 0 unspecified atom stereocenters. The molecule has 0 radical (unpaired) electrons. The number of hydrogen-bond donors (Lipinski definition) is 0. The maximum Gasteiger partial charge on any atom is 0.534 e. The van der Waals surface area contributed by atoms with E-state index < -0.39 is 60.1 Å². The van der Waals surface area contributed by atoms with Gasteiger partial charge < -0.3 is 27.9 Å². The summed E-state index contributed by atoms with van der Waals surface area (Å²) in [6.45, 7) is -0.886. The van der Waals surface area contributed by atoms with Crippen LogP contribution in [0.1, 0.15) is 16.7 Å². The maximum atomic E-state index is 14.0.